The van der Waals surface area contributed by atoms with E-state index in [0.29, 0.717) is 24.1 Å². The molecule has 1 atom stereocenters. The van der Waals surface area contributed by atoms with Crippen molar-refractivity contribution in [2.75, 3.05) is 13.6 Å². The Bertz CT molecular complexity index is 499. The van der Waals surface area contributed by atoms with Gasteiger partial charge in [-0.3, -0.25) is 9.59 Å². The molecule has 2 amide bonds. The van der Waals surface area contributed by atoms with Crippen LogP contribution in [0.5, 0.6) is 5.75 Å². The van der Waals surface area contributed by atoms with Gasteiger partial charge < -0.3 is 15.3 Å². The lowest BCUT2D eigenvalue weighted by atomic mass is 10.1. The number of likely N-dealkylation sites (N-methyl/N-ethyl adjacent to an activating group) is 1. The summed E-state index contributed by atoms with van der Waals surface area (Å²) in [7, 11) is 1.72. The van der Waals surface area contributed by atoms with Gasteiger partial charge in [-0.2, -0.15) is 0 Å². The van der Waals surface area contributed by atoms with Crippen LogP contribution in [0.15, 0.2) is 18.2 Å². The summed E-state index contributed by atoms with van der Waals surface area (Å²) in [4.78, 5) is 25.3. The smallest absolute Gasteiger partial charge is 0.252 e. The van der Waals surface area contributed by atoms with Crippen LogP contribution < -0.4 is 5.32 Å². The summed E-state index contributed by atoms with van der Waals surface area (Å²) in [6.07, 6.45) is 0.637. The molecule has 5 nitrogen and oxygen atoms in total. The third kappa shape index (κ3) is 2.30. The third-order valence-corrected chi connectivity index (χ3v) is 3.19. The highest BCUT2D eigenvalue weighted by molar-refractivity contribution is 5.99. The first-order chi connectivity index (χ1) is 8.49. The van der Waals surface area contributed by atoms with Crippen LogP contribution in [0.4, 0.5) is 0 Å². The number of rotatable bonds is 2. The van der Waals surface area contributed by atoms with Crippen molar-refractivity contribution in [2.24, 2.45) is 0 Å². The van der Waals surface area contributed by atoms with Crippen LogP contribution in [0.25, 0.3) is 0 Å². The van der Waals surface area contributed by atoms with Gasteiger partial charge in [0.05, 0.1) is 0 Å². The second-order valence-electron chi connectivity index (χ2n) is 4.57. The van der Waals surface area contributed by atoms with E-state index in [4.69, 9.17) is 0 Å². The number of benzene rings is 1. The van der Waals surface area contributed by atoms with Gasteiger partial charge in [-0.1, -0.05) is 0 Å². The van der Waals surface area contributed by atoms with Crippen molar-refractivity contribution in [1.82, 2.24) is 10.2 Å². The molecule has 2 rings (SSSR count). The lowest BCUT2D eigenvalue weighted by Crippen LogP contribution is -2.40. The molecule has 1 aliphatic rings. The largest absolute Gasteiger partial charge is 0.508 e. The molecule has 96 valence electrons. The molecule has 0 saturated carbocycles. The highest BCUT2D eigenvalue weighted by atomic mass is 16.3. The number of nitrogens with zero attached hydrogens (tertiary/aromatic N) is 1. The Morgan fingerprint density at radius 3 is 2.78 bits per heavy atom. The number of hydrogen-bond acceptors (Lipinski definition) is 3. The molecule has 0 bridgehead atoms. The number of amides is 2. The van der Waals surface area contributed by atoms with Crippen LogP contribution in [-0.4, -0.2) is 41.5 Å². The van der Waals surface area contributed by atoms with E-state index in [1.54, 1.807) is 24.9 Å². The normalized spacial score (nSPS) is 19.1. The zero-order valence-corrected chi connectivity index (χ0v) is 10.4. The topological polar surface area (TPSA) is 69.6 Å². The average Bonchev–Trinajstić information content (AvgIpc) is 2.61. The minimum absolute atomic E-state index is 0.0558. The second-order valence-corrected chi connectivity index (χ2v) is 4.57. The zero-order valence-electron chi connectivity index (χ0n) is 10.4. The molecule has 0 aliphatic carbocycles. The van der Waals surface area contributed by atoms with E-state index in [0.717, 1.165) is 0 Å². The Morgan fingerprint density at radius 1 is 1.50 bits per heavy atom. The van der Waals surface area contributed by atoms with Gasteiger partial charge in [0.2, 0.25) is 5.91 Å². The zero-order chi connectivity index (χ0) is 13.3. The predicted octanol–water partition coefficient (Wildman–Crippen LogP) is 0.661. The van der Waals surface area contributed by atoms with Gasteiger partial charge in [0.1, 0.15) is 11.8 Å². The summed E-state index contributed by atoms with van der Waals surface area (Å²) in [5.41, 5.74) is 1.17. The van der Waals surface area contributed by atoms with Crippen LogP contribution >= 0.6 is 0 Å². The number of carbonyl (C=O) groups is 2. The highest BCUT2D eigenvalue weighted by Crippen LogP contribution is 2.16. The molecular formula is C13H16N2O3. The van der Waals surface area contributed by atoms with Gasteiger partial charge in [-0.05, 0) is 37.1 Å². The van der Waals surface area contributed by atoms with Crippen LogP contribution in [-0.2, 0) is 4.79 Å². The first kappa shape index (κ1) is 12.4. The molecule has 2 N–H and O–H groups in total. The summed E-state index contributed by atoms with van der Waals surface area (Å²) in [6.45, 7) is 2.41. The molecule has 0 radical (unpaired) electrons. The summed E-state index contributed by atoms with van der Waals surface area (Å²) < 4.78 is 0. The number of phenols is 1. The van der Waals surface area contributed by atoms with E-state index >= 15 is 0 Å². The monoisotopic (exact) mass is 248 g/mol. The fourth-order valence-corrected chi connectivity index (χ4v) is 2.09. The number of carbonyl (C=O) groups excluding carboxylic acids is 2. The Kier molecular flexibility index (Phi) is 3.23. The summed E-state index contributed by atoms with van der Waals surface area (Å²) in [5.74, 6) is -0.207. The van der Waals surface area contributed by atoms with Gasteiger partial charge >= 0.3 is 0 Å². The van der Waals surface area contributed by atoms with E-state index in [1.165, 1.54) is 12.1 Å². The second kappa shape index (κ2) is 4.68. The molecule has 1 heterocycles. The molecule has 1 aliphatic heterocycles. The van der Waals surface area contributed by atoms with Crippen molar-refractivity contribution in [1.29, 1.82) is 0 Å². The van der Waals surface area contributed by atoms with E-state index in [2.05, 4.69) is 5.32 Å². The maximum absolute atomic E-state index is 12.0. The van der Waals surface area contributed by atoms with Crippen molar-refractivity contribution < 1.29 is 14.7 Å². The highest BCUT2D eigenvalue weighted by Gasteiger charge is 2.30. The quantitative estimate of drug-likeness (QED) is 0.807. The van der Waals surface area contributed by atoms with Gasteiger partial charge in [0.15, 0.2) is 0 Å². The Balaban J connectivity index is 2.11. The average molecular weight is 248 g/mol. The van der Waals surface area contributed by atoms with E-state index in [9.17, 15) is 14.7 Å². The first-order valence-corrected chi connectivity index (χ1v) is 5.84. The minimum Gasteiger partial charge on any atom is -0.508 e. The van der Waals surface area contributed by atoms with Gasteiger partial charge in [-0.25, -0.2) is 0 Å². The third-order valence-electron chi connectivity index (χ3n) is 3.19. The van der Waals surface area contributed by atoms with Crippen molar-refractivity contribution in [2.45, 2.75) is 19.4 Å². The van der Waals surface area contributed by atoms with Crippen LogP contribution in [0.2, 0.25) is 0 Å². The Labute approximate surface area is 105 Å². The molecule has 1 unspecified atom stereocenters. The van der Waals surface area contributed by atoms with Crippen molar-refractivity contribution >= 4 is 11.8 Å². The van der Waals surface area contributed by atoms with E-state index < -0.39 is 6.04 Å². The Hall–Kier alpha value is -2.04. The van der Waals surface area contributed by atoms with Crippen LogP contribution in [0.3, 0.4) is 0 Å². The first-order valence-electron chi connectivity index (χ1n) is 5.84. The number of aryl methyl sites for hydroxylation is 1. The lowest BCUT2D eigenvalue weighted by molar-refractivity contribution is -0.128. The maximum atomic E-state index is 12.0. The summed E-state index contributed by atoms with van der Waals surface area (Å²) in [5, 5.41) is 12.0. The molecule has 0 spiro atoms. The van der Waals surface area contributed by atoms with Crippen molar-refractivity contribution in [3.05, 3.63) is 29.3 Å². The predicted molar refractivity (Wildman–Crippen MR) is 66.4 cm³/mol. The number of nitrogens with one attached hydrogen (secondary N) is 1. The van der Waals surface area contributed by atoms with Crippen LogP contribution in [0.1, 0.15) is 22.3 Å². The molecule has 1 aromatic rings. The standard InChI is InChI=1S/C13H16N2O3/c1-8-7-9(16)3-4-10(8)12(17)14-11-5-6-15(2)13(11)18/h3-4,7,11,16H,5-6H2,1-2H3,(H,14,17). The molecule has 1 fully saturated rings. The number of hydrogen-bond donors (Lipinski definition) is 2. The number of likely N-dealkylation sites (tertiary alicyclic amines) is 1. The molecule has 1 saturated heterocycles. The van der Waals surface area contributed by atoms with Gasteiger partial charge in [0, 0.05) is 19.2 Å². The minimum atomic E-state index is -0.435. The van der Waals surface area contributed by atoms with Gasteiger partial charge in [0.25, 0.3) is 5.91 Å². The molecule has 18 heavy (non-hydrogen) atoms. The summed E-state index contributed by atoms with van der Waals surface area (Å²) in [6, 6.07) is 4.11. The lowest BCUT2D eigenvalue weighted by Gasteiger charge is -2.13. The summed E-state index contributed by atoms with van der Waals surface area (Å²) >= 11 is 0. The molecule has 1 aromatic carbocycles. The van der Waals surface area contributed by atoms with E-state index in [-0.39, 0.29) is 17.6 Å². The molecule has 5 heteroatoms. The van der Waals surface area contributed by atoms with Gasteiger partial charge in [-0.15, -0.1) is 0 Å². The molecule has 0 aromatic heterocycles. The number of aromatic hydroxyl groups is 1. The SMILES string of the molecule is Cc1cc(O)ccc1C(=O)NC1CCN(C)C1=O. The molecular weight excluding hydrogens is 232 g/mol. The number of phenolic OH excluding ortho intramolecular Hbond substituents is 1. The van der Waals surface area contributed by atoms with Crippen LogP contribution in [0, 0.1) is 6.92 Å². The van der Waals surface area contributed by atoms with E-state index in [1.807, 2.05) is 0 Å². The van der Waals surface area contributed by atoms with Crippen molar-refractivity contribution in [3.8, 4) is 5.75 Å². The Morgan fingerprint density at radius 2 is 2.22 bits per heavy atom. The van der Waals surface area contributed by atoms with Crippen molar-refractivity contribution in [3.63, 3.8) is 0 Å². The maximum Gasteiger partial charge on any atom is 0.252 e. The fourth-order valence-electron chi connectivity index (χ4n) is 2.09. The fraction of sp³-hybridized carbons (Fsp3) is 0.385.